The second kappa shape index (κ2) is 7.31. The Morgan fingerprint density at radius 3 is 2.74 bits per heavy atom. The standard InChI is InChI=1S/C14H18FN3S/c1-2-8-16-9-7-13-17-18-14(19-13)10-11-5-3-4-6-12(11)15/h3-6,16H,2,7-10H2,1H3. The number of rotatable bonds is 7. The Kier molecular flexibility index (Phi) is 5.42. The Hall–Kier alpha value is -1.33. The SMILES string of the molecule is CCCNCCc1nnc(Cc2ccccc2F)s1. The fourth-order valence-corrected chi connectivity index (χ4v) is 2.63. The van der Waals surface area contributed by atoms with Gasteiger partial charge in [-0.05, 0) is 24.6 Å². The second-order valence-corrected chi connectivity index (χ2v) is 5.50. The van der Waals surface area contributed by atoms with Gasteiger partial charge in [-0.15, -0.1) is 21.5 Å². The van der Waals surface area contributed by atoms with Crippen LogP contribution in [0.3, 0.4) is 0 Å². The molecule has 1 aromatic carbocycles. The van der Waals surface area contributed by atoms with Gasteiger partial charge in [-0.1, -0.05) is 25.1 Å². The van der Waals surface area contributed by atoms with Crippen molar-refractivity contribution in [1.82, 2.24) is 15.5 Å². The third kappa shape index (κ3) is 4.36. The number of benzene rings is 1. The second-order valence-electron chi connectivity index (χ2n) is 4.36. The first-order valence-corrected chi connectivity index (χ1v) is 7.36. The van der Waals surface area contributed by atoms with Crippen molar-refractivity contribution < 1.29 is 4.39 Å². The van der Waals surface area contributed by atoms with Gasteiger partial charge in [0.25, 0.3) is 0 Å². The van der Waals surface area contributed by atoms with Crippen LogP contribution in [-0.4, -0.2) is 23.3 Å². The fraction of sp³-hybridized carbons (Fsp3) is 0.429. The Bertz CT molecular complexity index is 513. The summed E-state index contributed by atoms with van der Waals surface area (Å²) in [6.07, 6.45) is 2.54. The van der Waals surface area contributed by atoms with Crippen LogP contribution in [0.25, 0.3) is 0 Å². The summed E-state index contributed by atoms with van der Waals surface area (Å²) in [5.74, 6) is -0.177. The number of hydrogen-bond acceptors (Lipinski definition) is 4. The first kappa shape index (κ1) is 14.1. The molecular weight excluding hydrogens is 261 g/mol. The lowest BCUT2D eigenvalue weighted by Gasteiger charge is -1.99. The van der Waals surface area contributed by atoms with E-state index in [2.05, 4.69) is 22.4 Å². The number of halogens is 1. The van der Waals surface area contributed by atoms with E-state index in [1.54, 1.807) is 23.5 Å². The molecule has 0 bridgehead atoms. The van der Waals surface area contributed by atoms with Crippen molar-refractivity contribution in [3.05, 3.63) is 45.7 Å². The summed E-state index contributed by atoms with van der Waals surface area (Å²) in [6.45, 7) is 4.09. The van der Waals surface area contributed by atoms with Gasteiger partial charge < -0.3 is 5.32 Å². The summed E-state index contributed by atoms with van der Waals surface area (Å²) in [5, 5.41) is 13.5. The predicted molar refractivity (Wildman–Crippen MR) is 76.0 cm³/mol. The number of aromatic nitrogens is 2. The summed E-state index contributed by atoms with van der Waals surface area (Å²) in [4.78, 5) is 0. The molecule has 2 rings (SSSR count). The van der Waals surface area contributed by atoms with E-state index in [0.29, 0.717) is 12.0 Å². The van der Waals surface area contributed by atoms with Crippen molar-refractivity contribution >= 4 is 11.3 Å². The average Bonchev–Trinajstić information content (AvgIpc) is 2.85. The largest absolute Gasteiger partial charge is 0.316 e. The first-order chi connectivity index (χ1) is 9.29. The molecule has 1 N–H and O–H groups in total. The van der Waals surface area contributed by atoms with Crippen LogP contribution in [0, 0.1) is 5.82 Å². The van der Waals surface area contributed by atoms with Gasteiger partial charge in [-0.2, -0.15) is 0 Å². The molecule has 0 spiro atoms. The summed E-state index contributed by atoms with van der Waals surface area (Å²) >= 11 is 1.57. The zero-order chi connectivity index (χ0) is 13.5. The quantitative estimate of drug-likeness (QED) is 0.792. The van der Waals surface area contributed by atoms with E-state index in [0.717, 1.165) is 35.9 Å². The molecule has 19 heavy (non-hydrogen) atoms. The number of nitrogens with one attached hydrogen (secondary N) is 1. The monoisotopic (exact) mass is 279 g/mol. The van der Waals surface area contributed by atoms with Gasteiger partial charge in [0.1, 0.15) is 15.8 Å². The first-order valence-electron chi connectivity index (χ1n) is 6.55. The van der Waals surface area contributed by atoms with Gasteiger partial charge in [0.05, 0.1) is 0 Å². The fourth-order valence-electron chi connectivity index (χ4n) is 1.76. The van der Waals surface area contributed by atoms with Crippen LogP contribution in [-0.2, 0) is 12.8 Å². The lowest BCUT2D eigenvalue weighted by molar-refractivity contribution is 0.613. The molecule has 3 nitrogen and oxygen atoms in total. The van der Waals surface area contributed by atoms with Crippen LogP contribution in [0.2, 0.25) is 0 Å². The van der Waals surface area contributed by atoms with E-state index in [1.807, 2.05) is 6.07 Å². The van der Waals surface area contributed by atoms with Crippen LogP contribution in [0.1, 0.15) is 28.9 Å². The maximum absolute atomic E-state index is 13.5. The Labute approximate surface area is 116 Å². The minimum atomic E-state index is -0.177. The molecule has 0 fully saturated rings. The number of nitrogens with zero attached hydrogens (tertiary/aromatic N) is 2. The highest BCUT2D eigenvalue weighted by Crippen LogP contribution is 2.16. The third-order valence-electron chi connectivity index (χ3n) is 2.75. The van der Waals surface area contributed by atoms with E-state index in [-0.39, 0.29) is 5.82 Å². The van der Waals surface area contributed by atoms with E-state index in [4.69, 9.17) is 0 Å². The van der Waals surface area contributed by atoms with Crippen molar-refractivity contribution in [1.29, 1.82) is 0 Å². The summed E-state index contributed by atoms with van der Waals surface area (Å²) < 4.78 is 13.5. The molecule has 0 aliphatic heterocycles. The Morgan fingerprint density at radius 1 is 1.16 bits per heavy atom. The molecule has 0 amide bonds. The maximum atomic E-state index is 13.5. The van der Waals surface area contributed by atoms with Crippen LogP contribution in [0.4, 0.5) is 4.39 Å². The van der Waals surface area contributed by atoms with Crippen molar-refractivity contribution in [2.45, 2.75) is 26.2 Å². The van der Waals surface area contributed by atoms with Gasteiger partial charge in [-0.25, -0.2) is 4.39 Å². The minimum Gasteiger partial charge on any atom is -0.316 e. The van der Waals surface area contributed by atoms with E-state index >= 15 is 0 Å². The van der Waals surface area contributed by atoms with Gasteiger partial charge >= 0.3 is 0 Å². The zero-order valence-corrected chi connectivity index (χ0v) is 11.8. The van der Waals surface area contributed by atoms with E-state index < -0.39 is 0 Å². The molecule has 0 aliphatic carbocycles. The topological polar surface area (TPSA) is 37.8 Å². The van der Waals surface area contributed by atoms with Gasteiger partial charge in [-0.3, -0.25) is 0 Å². The number of hydrogen-bond donors (Lipinski definition) is 1. The van der Waals surface area contributed by atoms with Crippen molar-refractivity contribution in [3.63, 3.8) is 0 Å². The smallest absolute Gasteiger partial charge is 0.126 e. The lowest BCUT2D eigenvalue weighted by atomic mass is 10.1. The molecule has 102 valence electrons. The van der Waals surface area contributed by atoms with E-state index in [9.17, 15) is 4.39 Å². The molecule has 1 aromatic heterocycles. The van der Waals surface area contributed by atoms with Gasteiger partial charge in [0.2, 0.25) is 0 Å². The average molecular weight is 279 g/mol. The molecule has 0 saturated carbocycles. The molecule has 0 radical (unpaired) electrons. The van der Waals surface area contributed by atoms with Crippen LogP contribution < -0.4 is 5.32 Å². The van der Waals surface area contributed by atoms with E-state index in [1.165, 1.54) is 6.07 Å². The molecule has 1 heterocycles. The van der Waals surface area contributed by atoms with Crippen molar-refractivity contribution in [3.8, 4) is 0 Å². The molecular formula is C14H18FN3S. The highest BCUT2D eigenvalue weighted by Gasteiger charge is 2.07. The summed E-state index contributed by atoms with van der Waals surface area (Å²) in [5.41, 5.74) is 0.675. The molecule has 0 aliphatic rings. The summed E-state index contributed by atoms with van der Waals surface area (Å²) in [6, 6.07) is 6.81. The predicted octanol–water partition coefficient (Wildman–Crippen LogP) is 2.81. The van der Waals surface area contributed by atoms with Crippen LogP contribution in [0.5, 0.6) is 0 Å². The third-order valence-corrected chi connectivity index (χ3v) is 3.73. The highest BCUT2D eigenvalue weighted by molar-refractivity contribution is 7.11. The molecule has 0 unspecified atom stereocenters. The molecule has 2 aromatic rings. The zero-order valence-electron chi connectivity index (χ0n) is 11.0. The Balaban J connectivity index is 1.89. The van der Waals surface area contributed by atoms with Gasteiger partial charge in [0, 0.05) is 19.4 Å². The van der Waals surface area contributed by atoms with Crippen LogP contribution >= 0.6 is 11.3 Å². The summed E-state index contributed by atoms with van der Waals surface area (Å²) in [7, 11) is 0. The normalized spacial score (nSPS) is 10.8. The highest BCUT2D eigenvalue weighted by atomic mass is 32.1. The maximum Gasteiger partial charge on any atom is 0.126 e. The molecule has 0 atom stereocenters. The van der Waals surface area contributed by atoms with Crippen molar-refractivity contribution in [2.75, 3.05) is 13.1 Å². The Morgan fingerprint density at radius 2 is 1.95 bits per heavy atom. The minimum absolute atomic E-state index is 0.177. The van der Waals surface area contributed by atoms with Crippen LogP contribution in [0.15, 0.2) is 24.3 Å². The van der Waals surface area contributed by atoms with Crippen molar-refractivity contribution in [2.24, 2.45) is 0 Å². The van der Waals surface area contributed by atoms with Gasteiger partial charge in [0.15, 0.2) is 0 Å². The molecule has 0 saturated heterocycles. The molecule has 5 heteroatoms. The lowest BCUT2D eigenvalue weighted by Crippen LogP contribution is -2.17.